The molecule has 3 aromatic rings. The molecule has 2 heterocycles. The van der Waals surface area contributed by atoms with Crippen molar-refractivity contribution in [2.45, 2.75) is 57.2 Å². The number of nitrogens with zero attached hydrogens (tertiary/aromatic N) is 2. The summed E-state index contributed by atoms with van der Waals surface area (Å²) in [6.07, 6.45) is 5.70. The first kappa shape index (κ1) is 24.3. The molecule has 0 radical (unpaired) electrons. The summed E-state index contributed by atoms with van der Waals surface area (Å²) in [4.78, 5) is 27.8. The summed E-state index contributed by atoms with van der Waals surface area (Å²) in [5, 5.41) is 6.75. The van der Waals surface area contributed by atoms with Crippen molar-refractivity contribution in [3.8, 4) is 0 Å². The largest absolute Gasteiger partial charge is 0.333 e. The van der Waals surface area contributed by atoms with E-state index in [0.717, 1.165) is 37.8 Å². The molecule has 188 valence electrons. The van der Waals surface area contributed by atoms with Gasteiger partial charge in [-0.2, -0.15) is 0 Å². The third-order valence-electron chi connectivity index (χ3n) is 7.40. The third kappa shape index (κ3) is 5.88. The van der Waals surface area contributed by atoms with Crippen LogP contribution in [0, 0.1) is 6.92 Å². The van der Waals surface area contributed by atoms with Crippen LogP contribution in [0.25, 0.3) is 0 Å². The Hall–Kier alpha value is -3.38. The van der Waals surface area contributed by atoms with E-state index in [1.54, 1.807) is 17.7 Å². The Labute approximate surface area is 213 Å². The van der Waals surface area contributed by atoms with E-state index in [-0.39, 0.29) is 23.6 Å². The minimum absolute atomic E-state index is 0.00820. The minimum atomic E-state index is -0.0502. The molecule has 36 heavy (non-hydrogen) atoms. The molecule has 0 spiro atoms. The standard InChI is InChI=1S/C30H36N4O2/c1-21-14-23(16-22-6-4-3-5-7-22)17-24(15-21)20-34(26-8-9-26)30(36)32-28-19-31-12-10-27(28)25-11-13-33(2)29(35)18-25/h3-7,11,13-15,17-18,26-28,31H,8-10,12,16,19-20H2,1-2H3,(H,32,36)/t27-,28+/m0/s1. The summed E-state index contributed by atoms with van der Waals surface area (Å²) in [6, 6.07) is 21.1. The van der Waals surface area contributed by atoms with Gasteiger partial charge in [-0.05, 0) is 67.5 Å². The Bertz CT molecular complexity index is 1270. The van der Waals surface area contributed by atoms with Gasteiger partial charge < -0.3 is 20.1 Å². The highest BCUT2D eigenvalue weighted by atomic mass is 16.2. The van der Waals surface area contributed by atoms with Crippen molar-refractivity contribution in [2.75, 3.05) is 13.1 Å². The molecule has 1 saturated heterocycles. The number of hydrogen-bond donors (Lipinski definition) is 2. The summed E-state index contributed by atoms with van der Waals surface area (Å²) in [5.41, 5.74) is 5.95. The van der Waals surface area contributed by atoms with Gasteiger partial charge in [0.1, 0.15) is 0 Å². The van der Waals surface area contributed by atoms with E-state index in [0.29, 0.717) is 19.1 Å². The first-order valence-electron chi connectivity index (χ1n) is 13.0. The molecular formula is C30H36N4O2. The fourth-order valence-corrected chi connectivity index (χ4v) is 5.37. The van der Waals surface area contributed by atoms with Gasteiger partial charge in [-0.15, -0.1) is 0 Å². The maximum Gasteiger partial charge on any atom is 0.318 e. The van der Waals surface area contributed by atoms with Crippen LogP contribution in [0.3, 0.4) is 0 Å². The molecule has 2 fully saturated rings. The molecule has 2 amide bonds. The minimum Gasteiger partial charge on any atom is -0.333 e. The van der Waals surface area contributed by atoms with E-state index in [2.05, 4.69) is 60.0 Å². The predicted molar refractivity (Wildman–Crippen MR) is 143 cm³/mol. The molecule has 1 aliphatic heterocycles. The molecule has 5 rings (SSSR count). The van der Waals surface area contributed by atoms with Gasteiger partial charge in [-0.1, -0.05) is 54.1 Å². The van der Waals surface area contributed by atoms with Gasteiger partial charge in [0.05, 0.1) is 0 Å². The lowest BCUT2D eigenvalue weighted by atomic mass is 9.86. The second-order valence-corrected chi connectivity index (χ2v) is 10.4. The summed E-state index contributed by atoms with van der Waals surface area (Å²) in [6.45, 7) is 4.32. The van der Waals surface area contributed by atoms with E-state index in [9.17, 15) is 9.59 Å². The number of benzene rings is 2. The summed E-state index contributed by atoms with van der Waals surface area (Å²) in [7, 11) is 1.76. The number of nitrogens with one attached hydrogen (secondary N) is 2. The van der Waals surface area contributed by atoms with Gasteiger partial charge in [0.15, 0.2) is 0 Å². The Morgan fingerprint density at radius 3 is 2.56 bits per heavy atom. The smallest absolute Gasteiger partial charge is 0.318 e. The summed E-state index contributed by atoms with van der Waals surface area (Å²) in [5.74, 6) is 0.126. The average Bonchev–Trinajstić information content (AvgIpc) is 3.70. The van der Waals surface area contributed by atoms with E-state index in [4.69, 9.17) is 0 Å². The lowest BCUT2D eigenvalue weighted by Crippen LogP contribution is -2.53. The molecule has 0 unspecified atom stereocenters. The maximum atomic E-state index is 13.6. The quantitative estimate of drug-likeness (QED) is 0.531. The first-order chi connectivity index (χ1) is 17.5. The van der Waals surface area contributed by atoms with Crippen LogP contribution in [-0.2, 0) is 20.0 Å². The molecule has 2 aromatic carbocycles. The molecule has 2 aliphatic rings. The summed E-state index contributed by atoms with van der Waals surface area (Å²) < 4.78 is 1.58. The number of aromatic nitrogens is 1. The highest BCUT2D eigenvalue weighted by Gasteiger charge is 2.35. The molecule has 2 N–H and O–H groups in total. The van der Waals surface area contributed by atoms with Gasteiger partial charge in [0, 0.05) is 50.4 Å². The third-order valence-corrected chi connectivity index (χ3v) is 7.40. The van der Waals surface area contributed by atoms with Crippen molar-refractivity contribution >= 4 is 6.03 Å². The van der Waals surface area contributed by atoms with E-state index in [1.165, 1.54) is 22.3 Å². The van der Waals surface area contributed by atoms with Gasteiger partial charge in [-0.3, -0.25) is 4.79 Å². The molecule has 0 bridgehead atoms. The molecule has 1 aliphatic carbocycles. The zero-order chi connectivity index (χ0) is 25.1. The molecule has 2 atom stereocenters. The Balaban J connectivity index is 1.31. The maximum absolute atomic E-state index is 13.6. The van der Waals surface area contributed by atoms with Crippen molar-refractivity contribution in [3.63, 3.8) is 0 Å². The number of amides is 2. The van der Waals surface area contributed by atoms with Crippen molar-refractivity contribution < 1.29 is 4.79 Å². The lowest BCUT2D eigenvalue weighted by molar-refractivity contribution is 0.183. The van der Waals surface area contributed by atoms with Gasteiger partial charge >= 0.3 is 6.03 Å². The van der Waals surface area contributed by atoms with Crippen LogP contribution >= 0.6 is 0 Å². The molecule has 1 saturated carbocycles. The first-order valence-corrected chi connectivity index (χ1v) is 13.0. The topological polar surface area (TPSA) is 66.4 Å². The van der Waals surface area contributed by atoms with Crippen LogP contribution < -0.4 is 16.2 Å². The normalized spacial score (nSPS) is 19.6. The monoisotopic (exact) mass is 484 g/mol. The van der Waals surface area contributed by atoms with Crippen molar-refractivity contribution in [2.24, 2.45) is 7.05 Å². The van der Waals surface area contributed by atoms with Crippen LogP contribution in [0.2, 0.25) is 0 Å². The lowest BCUT2D eigenvalue weighted by Gasteiger charge is -2.35. The van der Waals surface area contributed by atoms with Crippen LogP contribution in [0.4, 0.5) is 4.79 Å². The average molecular weight is 485 g/mol. The van der Waals surface area contributed by atoms with Crippen LogP contribution in [0.15, 0.2) is 71.7 Å². The highest BCUT2D eigenvalue weighted by molar-refractivity contribution is 5.75. The zero-order valence-corrected chi connectivity index (χ0v) is 21.2. The number of rotatable bonds is 7. The zero-order valence-electron chi connectivity index (χ0n) is 21.2. The number of piperidine rings is 1. The van der Waals surface area contributed by atoms with Crippen LogP contribution in [0.5, 0.6) is 0 Å². The Kier molecular flexibility index (Phi) is 7.23. The van der Waals surface area contributed by atoms with Crippen molar-refractivity contribution in [1.29, 1.82) is 0 Å². The number of hydrogen-bond acceptors (Lipinski definition) is 3. The number of urea groups is 1. The Morgan fingerprint density at radius 1 is 1.03 bits per heavy atom. The van der Waals surface area contributed by atoms with Crippen molar-refractivity contribution in [3.05, 3.63) is 105 Å². The number of pyridine rings is 1. The Morgan fingerprint density at radius 2 is 1.81 bits per heavy atom. The highest BCUT2D eigenvalue weighted by Crippen LogP contribution is 2.30. The molecule has 1 aromatic heterocycles. The van der Waals surface area contributed by atoms with E-state index >= 15 is 0 Å². The van der Waals surface area contributed by atoms with Gasteiger partial charge in [0.25, 0.3) is 5.56 Å². The molecule has 6 nitrogen and oxygen atoms in total. The SMILES string of the molecule is Cc1cc(Cc2ccccc2)cc(CN(C(=O)N[C@@H]2CNCC[C@H]2c2ccn(C)c(=O)c2)C2CC2)c1. The van der Waals surface area contributed by atoms with E-state index < -0.39 is 0 Å². The predicted octanol–water partition coefficient (Wildman–Crippen LogP) is 4.10. The van der Waals surface area contributed by atoms with Gasteiger partial charge in [0.2, 0.25) is 0 Å². The second-order valence-electron chi connectivity index (χ2n) is 10.4. The van der Waals surface area contributed by atoms with Crippen LogP contribution in [0.1, 0.15) is 53.0 Å². The second kappa shape index (κ2) is 10.7. The number of carbonyl (C=O) groups is 1. The van der Waals surface area contributed by atoms with Crippen molar-refractivity contribution in [1.82, 2.24) is 20.1 Å². The van der Waals surface area contributed by atoms with E-state index in [1.807, 2.05) is 23.2 Å². The number of carbonyl (C=O) groups excluding carboxylic acids is 1. The van der Waals surface area contributed by atoms with Crippen LogP contribution in [-0.4, -0.2) is 40.7 Å². The summed E-state index contributed by atoms with van der Waals surface area (Å²) >= 11 is 0. The van der Waals surface area contributed by atoms with Gasteiger partial charge in [-0.25, -0.2) is 4.79 Å². The molecular weight excluding hydrogens is 448 g/mol. The number of aryl methyl sites for hydroxylation is 2. The molecule has 6 heteroatoms. The fraction of sp³-hybridized carbons (Fsp3) is 0.400. The fourth-order valence-electron chi connectivity index (χ4n) is 5.37.